The van der Waals surface area contributed by atoms with Crippen LogP contribution >= 0.6 is 11.6 Å². The minimum atomic E-state index is -1.23. The van der Waals surface area contributed by atoms with Gasteiger partial charge in [-0.05, 0) is 24.6 Å². The number of imide groups is 1. The molecule has 1 heterocycles. The van der Waals surface area contributed by atoms with Crippen molar-refractivity contribution in [2.75, 3.05) is 0 Å². The Bertz CT molecular complexity index is 821. The molecule has 1 aliphatic rings. The number of carbonyl (C=O) groups is 2. The molecule has 3 amide bonds. The van der Waals surface area contributed by atoms with Crippen molar-refractivity contribution in [3.8, 4) is 0 Å². The van der Waals surface area contributed by atoms with Crippen LogP contribution in [0.4, 0.5) is 9.18 Å². The van der Waals surface area contributed by atoms with E-state index in [2.05, 4.69) is 10.4 Å². The molecule has 0 bridgehead atoms. The van der Waals surface area contributed by atoms with Crippen LogP contribution in [0, 0.1) is 5.82 Å². The van der Waals surface area contributed by atoms with Crippen LogP contribution in [0.5, 0.6) is 0 Å². The zero-order chi connectivity index (χ0) is 17.3. The molecule has 2 aromatic carbocycles. The van der Waals surface area contributed by atoms with Gasteiger partial charge in [-0.25, -0.2) is 9.18 Å². The summed E-state index contributed by atoms with van der Waals surface area (Å²) in [5.74, 6) is -1.15. The number of rotatable bonds is 3. The number of nitrogens with one attached hydrogen (secondary N) is 1. The fourth-order valence-corrected chi connectivity index (χ4v) is 2.66. The minimum Gasteiger partial charge on any atom is -0.318 e. The predicted octanol–water partition coefficient (Wildman–Crippen LogP) is 3.28. The number of hydrazone groups is 1. The van der Waals surface area contributed by atoms with E-state index in [9.17, 15) is 14.0 Å². The number of halogens is 2. The fourth-order valence-electron chi connectivity index (χ4n) is 2.45. The third kappa shape index (κ3) is 2.65. The number of hydrogen-bond donors (Lipinski definition) is 1. The van der Waals surface area contributed by atoms with Crippen molar-refractivity contribution >= 4 is 29.8 Å². The highest BCUT2D eigenvalue weighted by atomic mass is 35.5. The lowest BCUT2D eigenvalue weighted by molar-refractivity contribution is -0.131. The van der Waals surface area contributed by atoms with Crippen molar-refractivity contribution in [2.24, 2.45) is 5.10 Å². The second kappa shape index (κ2) is 6.05. The van der Waals surface area contributed by atoms with Gasteiger partial charge in [0.1, 0.15) is 11.4 Å². The molecule has 0 saturated carbocycles. The summed E-state index contributed by atoms with van der Waals surface area (Å²) in [4.78, 5) is 24.7. The van der Waals surface area contributed by atoms with E-state index in [0.717, 1.165) is 6.21 Å². The molecular formula is C17H13ClFN3O2. The van der Waals surface area contributed by atoms with Gasteiger partial charge in [-0.15, -0.1) is 5.01 Å². The number of urea groups is 1. The number of nitrogens with zero attached hydrogens (tertiary/aromatic N) is 2. The van der Waals surface area contributed by atoms with Gasteiger partial charge in [-0.3, -0.25) is 4.79 Å². The SMILES string of the molecule is C[C@]1(c2ccccc2)NC(=O)N(/N=C\c2c(F)cccc2Cl)C1=O. The van der Waals surface area contributed by atoms with Gasteiger partial charge in [-0.2, -0.15) is 5.10 Å². The fraction of sp³-hybridized carbons (Fsp3) is 0.118. The Morgan fingerprint density at radius 2 is 1.88 bits per heavy atom. The lowest BCUT2D eigenvalue weighted by Crippen LogP contribution is -2.40. The molecule has 1 aliphatic heterocycles. The molecule has 1 saturated heterocycles. The lowest BCUT2D eigenvalue weighted by atomic mass is 9.92. The highest BCUT2D eigenvalue weighted by molar-refractivity contribution is 6.33. The molecule has 0 spiro atoms. The van der Waals surface area contributed by atoms with Crippen LogP contribution in [0.3, 0.4) is 0 Å². The Balaban J connectivity index is 1.92. The highest BCUT2D eigenvalue weighted by Crippen LogP contribution is 2.29. The summed E-state index contributed by atoms with van der Waals surface area (Å²) in [6.45, 7) is 1.59. The van der Waals surface area contributed by atoms with E-state index in [4.69, 9.17) is 11.6 Å². The molecule has 122 valence electrons. The van der Waals surface area contributed by atoms with Crippen molar-refractivity contribution in [1.82, 2.24) is 10.3 Å². The summed E-state index contributed by atoms with van der Waals surface area (Å²) in [5.41, 5.74) is -0.590. The quantitative estimate of drug-likeness (QED) is 0.685. The Labute approximate surface area is 142 Å². The Morgan fingerprint density at radius 1 is 1.17 bits per heavy atom. The van der Waals surface area contributed by atoms with Crippen LogP contribution in [-0.4, -0.2) is 23.2 Å². The molecule has 2 aromatic rings. The van der Waals surface area contributed by atoms with E-state index in [-0.39, 0.29) is 10.6 Å². The van der Waals surface area contributed by atoms with Crippen molar-refractivity contribution in [1.29, 1.82) is 0 Å². The smallest absolute Gasteiger partial charge is 0.318 e. The number of carbonyl (C=O) groups excluding carboxylic acids is 2. The molecule has 3 rings (SSSR count). The molecule has 1 N–H and O–H groups in total. The van der Waals surface area contributed by atoms with Crippen LogP contribution in [0.15, 0.2) is 53.6 Å². The first-order chi connectivity index (χ1) is 11.4. The van der Waals surface area contributed by atoms with Gasteiger partial charge in [0.25, 0.3) is 5.91 Å². The first-order valence-corrected chi connectivity index (χ1v) is 7.51. The molecule has 0 unspecified atom stereocenters. The van der Waals surface area contributed by atoms with Gasteiger partial charge in [-0.1, -0.05) is 48.0 Å². The third-order valence-electron chi connectivity index (χ3n) is 3.82. The van der Waals surface area contributed by atoms with E-state index >= 15 is 0 Å². The van der Waals surface area contributed by atoms with Crippen LogP contribution in [0.1, 0.15) is 18.1 Å². The maximum atomic E-state index is 13.8. The van der Waals surface area contributed by atoms with Crippen molar-refractivity contribution in [3.63, 3.8) is 0 Å². The number of amides is 3. The van der Waals surface area contributed by atoms with Crippen molar-refractivity contribution in [3.05, 3.63) is 70.5 Å². The monoisotopic (exact) mass is 345 g/mol. The van der Waals surface area contributed by atoms with E-state index in [0.29, 0.717) is 10.6 Å². The normalized spacial score (nSPS) is 20.7. The summed E-state index contributed by atoms with van der Waals surface area (Å²) in [6.07, 6.45) is 1.06. The van der Waals surface area contributed by atoms with Gasteiger partial charge in [0, 0.05) is 5.56 Å². The van der Waals surface area contributed by atoms with Crippen LogP contribution < -0.4 is 5.32 Å². The predicted molar refractivity (Wildman–Crippen MR) is 88.2 cm³/mol. The number of hydrogen-bond acceptors (Lipinski definition) is 3. The van der Waals surface area contributed by atoms with E-state index in [1.54, 1.807) is 31.2 Å². The van der Waals surface area contributed by atoms with E-state index in [1.807, 2.05) is 6.07 Å². The Hall–Kier alpha value is -2.73. The highest BCUT2D eigenvalue weighted by Gasteiger charge is 2.49. The maximum Gasteiger partial charge on any atom is 0.346 e. The molecular weight excluding hydrogens is 333 g/mol. The second-order valence-electron chi connectivity index (χ2n) is 5.42. The van der Waals surface area contributed by atoms with Gasteiger partial charge in [0.15, 0.2) is 0 Å². The summed E-state index contributed by atoms with van der Waals surface area (Å²) >= 11 is 5.90. The van der Waals surface area contributed by atoms with Gasteiger partial charge >= 0.3 is 6.03 Å². The maximum absolute atomic E-state index is 13.8. The Kier molecular flexibility index (Phi) is 4.07. The summed E-state index contributed by atoms with van der Waals surface area (Å²) in [5, 5.41) is 7.24. The zero-order valence-corrected chi connectivity index (χ0v) is 13.4. The average Bonchev–Trinajstić information content (AvgIpc) is 2.79. The largest absolute Gasteiger partial charge is 0.346 e. The second-order valence-corrected chi connectivity index (χ2v) is 5.83. The van der Waals surface area contributed by atoms with Gasteiger partial charge < -0.3 is 5.32 Å². The topological polar surface area (TPSA) is 61.8 Å². The van der Waals surface area contributed by atoms with Gasteiger partial charge in [0.05, 0.1) is 11.2 Å². The van der Waals surface area contributed by atoms with Crippen molar-refractivity contribution < 1.29 is 14.0 Å². The molecule has 24 heavy (non-hydrogen) atoms. The minimum absolute atomic E-state index is 0.00748. The van der Waals surface area contributed by atoms with Crippen molar-refractivity contribution in [2.45, 2.75) is 12.5 Å². The Morgan fingerprint density at radius 3 is 2.54 bits per heavy atom. The molecule has 5 nitrogen and oxygen atoms in total. The van der Waals surface area contributed by atoms with E-state index in [1.165, 1.54) is 18.2 Å². The number of benzene rings is 2. The molecule has 1 fully saturated rings. The van der Waals surface area contributed by atoms with Crippen LogP contribution in [-0.2, 0) is 10.3 Å². The molecule has 0 aliphatic carbocycles. The summed E-state index contributed by atoms with van der Waals surface area (Å²) in [6, 6.07) is 12.3. The summed E-state index contributed by atoms with van der Waals surface area (Å²) in [7, 11) is 0. The molecule has 7 heteroatoms. The van der Waals surface area contributed by atoms with Gasteiger partial charge in [0.2, 0.25) is 0 Å². The van der Waals surface area contributed by atoms with E-state index < -0.39 is 23.3 Å². The zero-order valence-electron chi connectivity index (χ0n) is 12.7. The van der Waals surface area contributed by atoms with Crippen LogP contribution in [0.25, 0.3) is 0 Å². The average molecular weight is 346 g/mol. The van der Waals surface area contributed by atoms with Crippen LogP contribution in [0.2, 0.25) is 5.02 Å². The first kappa shape index (κ1) is 16.1. The lowest BCUT2D eigenvalue weighted by Gasteiger charge is -2.20. The molecule has 0 radical (unpaired) electrons. The first-order valence-electron chi connectivity index (χ1n) is 7.14. The standard InChI is InChI=1S/C17H13ClFN3O2/c1-17(11-6-3-2-4-7-11)15(23)22(16(24)21-17)20-10-12-13(18)8-5-9-14(12)19/h2-10H,1H3,(H,21,24)/b20-10-/t17-/m1/s1. The molecule has 0 aromatic heterocycles. The molecule has 1 atom stereocenters. The summed E-state index contributed by atoms with van der Waals surface area (Å²) < 4.78 is 13.8. The third-order valence-corrected chi connectivity index (χ3v) is 4.15.